The molecular formula is C12H8S. The molecule has 3 rings (SSSR count). The van der Waals surface area contributed by atoms with Crippen molar-refractivity contribution in [1.29, 1.82) is 0 Å². The van der Waals surface area contributed by atoms with E-state index in [0.717, 1.165) is 11.3 Å². The normalized spacial score (nSPS) is 18.0. The van der Waals surface area contributed by atoms with E-state index in [9.17, 15) is 0 Å². The quantitative estimate of drug-likeness (QED) is 0.558. The van der Waals surface area contributed by atoms with Crippen LogP contribution in [0.4, 0.5) is 0 Å². The SMILES string of the molecule is S=C1C=CC2=C(C1)c1ccccc12. The van der Waals surface area contributed by atoms with E-state index in [-0.39, 0.29) is 0 Å². The van der Waals surface area contributed by atoms with Gasteiger partial charge < -0.3 is 0 Å². The van der Waals surface area contributed by atoms with Gasteiger partial charge in [0, 0.05) is 11.3 Å². The molecule has 0 N–H and O–H groups in total. The Hall–Kier alpha value is -1.21. The summed E-state index contributed by atoms with van der Waals surface area (Å²) >= 11 is 5.18. The fraction of sp³-hybridized carbons (Fsp3) is 0.0833. The third-order valence-electron chi connectivity index (χ3n) is 2.65. The van der Waals surface area contributed by atoms with Gasteiger partial charge in [-0.25, -0.2) is 0 Å². The zero-order valence-electron chi connectivity index (χ0n) is 7.08. The molecule has 0 saturated heterocycles. The Morgan fingerprint density at radius 2 is 1.77 bits per heavy atom. The average molecular weight is 184 g/mol. The summed E-state index contributed by atoms with van der Waals surface area (Å²) in [5.74, 6) is 0. The fourth-order valence-electron chi connectivity index (χ4n) is 2.02. The van der Waals surface area contributed by atoms with Crippen molar-refractivity contribution in [2.75, 3.05) is 0 Å². The monoisotopic (exact) mass is 184 g/mol. The van der Waals surface area contributed by atoms with Gasteiger partial charge >= 0.3 is 0 Å². The number of hydrogen-bond acceptors (Lipinski definition) is 1. The van der Waals surface area contributed by atoms with Crippen molar-refractivity contribution >= 4 is 28.2 Å². The second-order valence-electron chi connectivity index (χ2n) is 3.41. The van der Waals surface area contributed by atoms with Gasteiger partial charge in [0.25, 0.3) is 0 Å². The van der Waals surface area contributed by atoms with Crippen molar-refractivity contribution in [3.8, 4) is 0 Å². The lowest BCUT2D eigenvalue weighted by Crippen LogP contribution is -2.11. The standard InChI is InChI=1S/C12H8S/c13-8-5-6-11-9-3-1-2-4-10(9)12(11)7-8/h1-6H,7H2. The first-order valence-electron chi connectivity index (χ1n) is 4.40. The first kappa shape index (κ1) is 7.22. The third kappa shape index (κ3) is 0.879. The first-order chi connectivity index (χ1) is 6.36. The molecule has 0 aliphatic heterocycles. The Morgan fingerprint density at radius 3 is 2.62 bits per heavy atom. The van der Waals surface area contributed by atoms with E-state index in [1.165, 1.54) is 22.3 Å². The van der Waals surface area contributed by atoms with E-state index in [1.54, 1.807) is 0 Å². The predicted octanol–water partition coefficient (Wildman–Crippen LogP) is 3.24. The van der Waals surface area contributed by atoms with E-state index >= 15 is 0 Å². The molecule has 0 radical (unpaired) electrons. The van der Waals surface area contributed by atoms with Crippen LogP contribution in [0, 0.1) is 0 Å². The summed E-state index contributed by atoms with van der Waals surface area (Å²) < 4.78 is 0. The van der Waals surface area contributed by atoms with Crippen LogP contribution in [-0.4, -0.2) is 4.86 Å². The average Bonchev–Trinajstić information content (AvgIpc) is 2.15. The number of allylic oxidation sites excluding steroid dienone is 4. The molecule has 0 aromatic heterocycles. The van der Waals surface area contributed by atoms with Gasteiger partial charge in [-0.05, 0) is 28.3 Å². The third-order valence-corrected chi connectivity index (χ3v) is 2.93. The van der Waals surface area contributed by atoms with Crippen LogP contribution in [0.1, 0.15) is 17.5 Å². The summed E-state index contributed by atoms with van der Waals surface area (Å²) in [5.41, 5.74) is 5.60. The van der Waals surface area contributed by atoms with Crippen LogP contribution in [0.2, 0.25) is 0 Å². The van der Waals surface area contributed by atoms with Crippen molar-refractivity contribution in [2.45, 2.75) is 6.42 Å². The lowest BCUT2D eigenvalue weighted by Gasteiger charge is -2.28. The smallest absolute Gasteiger partial charge is 0.0196 e. The fourth-order valence-corrected chi connectivity index (χ4v) is 2.23. The molecule has 0 unspecified atom stereocenters. The summed E-state index contributed by atoms with van der Waals surface area (Å²) in [7, 11) is 0. The predicted molar refractivity (Wildman–Crippen MR) is 59.6 cm³/mol. The topological polar surface area (TPSA) is 0 Å². The van der Waals surface area contributed by atoms with Crippen LogP contribution in [0.3, 0.4) is 0 Å². The van der Waals surface area contributed by atoms with Crippen LogP contribution in [0.25, 0.3) is 11.1 Å². The summed E-state index contributed by atoms with van der Waals surface area (Å²) in [6.07, 6.45) is 5.14. The summed E-state index contributed by atoms with van der Waals surface area (Å²) in [4.78, 5) is 1.05. The molecule has 0 nitrogen and oxygen atoms in total. The van der Waals surface area contributed by atoms with Crippen LogP contribution in [0.5, 0.6) is 0 Å². The molecule has 1 aromatic rings. The Morgan fingerprint density at radius 1 is 1.00 bits per heavy atom. The molecule has 1 aromatic carbocycles. The summed E-state index contributed by atoms with van der Waals surface area (Å²) in [5, 5.41) is 0. The van der Waals surface area contributed by atoms with Gasteiger partial charge in [-0.3, -0.25) is 0 Å². The molecule has 0 bridgehead atoms. The second kappa shape index (κ2) is 2.39. The lowest BCUT2D eigenvalue weighted by atomic mass is 9.76. The molecule has 1 heteroatoms. The van der Waals surface area contributed by atoms with Gasteiger partial charge in [0.2, 0.25) is 0 Å². The lowest BCUT2D eigenvalue weighted by molar-refractivity contribution is 1.38. The Kier molecular flexibility index (Phi) is 1.33. The van der Waals surface area contributed by atoms with Crippen molar-refractivity contribution in [3.05, 3.63) is 47.5 Å². The molecule has 0 amide bonds. The molecule has 0 saturated carbocycles. The zero-order chi connectivity index (χ0) is 8.84. The minimum absolute atomic E-state index is 0.957. The Balaban J connectivity index is 2.16. The molecule has 0 spiro atoms. The minimum Gasteiger partial charge on any atom is -0.0846 e. The number of benzene rings is 1. The molecule has 0 fully saturated rings. The number of thiocarbonyl (C=S) groups is 1. The molecule has 2 aliphatic carbocycles. The van der Waals surface area contributed by atoms with E-state index < -0.39 is 0 Å². The molecule has 0 atom stereocenters. The van der Waals surface area contributed by atoms with Gasteiger partial charge in [0.05, 0.1) is 0 Å². The molecule has 2 aliphatic rings. The Bertz CT molecular complexity index is 464. The van der Waals surface area contributed by atoms with Gasteiger partial charge in [0.15, 0.2) is 0 Å². The minimum atomic E-state index is 0.957. The molecule has 13 heavy (non-hydrogen) atoms. The van der Waals surface area contributed by atoms with E-state index in [0.29, 0.717) is 0 Å². The largest absolute Gasteiger partial charge is 0.0846 e. The van der Waals surface area contributed by atoms with Gasteiger partial charge in [-0.1, -0.05) is 42.6 Å². The number of rotatable bonds is 0. The number of fused-ring (bicyclic) bond motifs is 3. The highest BCUT2D eigenvalue weighted by Gasteiger charge is 2.25. The van der Waals surface area contributed by atoms with Crippen LogP contribution >= 0.6 is 12.2 Å². The summed E-state index contributed by atoms with van der Waals surface area (Å²) in [6.45, 7) is 0. The maximum absolute atomic E-state index is 5.18. The van der Waals surface area contributed by atoms with Crippen LogP contribution in [-0.2, 0) is 0 Å². The zero-order valence-corrected chi connectivity index (χ0v) is 7.90. The Labute approximate surface area is 82.6 Å². The highest BCUT2D eigenvalue weighted by atomic mass is 32.1. The van der Waals surface area contributed by atoms with Gasteiger partial charge in [-0.2, -0.15) is 0 Å². The van der Waals surface area contributed by atoms with Crippen molar-refractivity contribution in [1.82, 2.24) is 0 Å². The first-order valence-corrected chi connectivity index (χ1v) is 4.81. The number of hydrogen-bond donors (Lipinski definition) is 0. The summed E-state index contributed by atoms with van der Waals surface area (Å²) in [6, 6.07) is 8.52. The van der Waals surface area contributed by atoms with Crippen LogP contribution in [0.15, 0.2) is 36.4 Å². The van der Waals surface area contributed by atoms with Crippen molar-refractivity contribution in [3.63, 3.8) is 0 Å². The van der Waals surface area contributed by atoms with Crippen LogP contribution < -0.4 is 0 Å². The van der Waals surface area contributed by atoms with E-state index in [1.807, 2.05) is 6.08 Å². The van der Waals surface area contributed by atoms with E-state index in [2.05, 4.69) is 30.3 Å². The van der Waals surface area contributed by atoms with Crippen molar-refractivity contribution < 1.29 is 0 Å². The highest BCUT2D eigenvalue weighted by Crippen LogP contribution is 2.44. The maximum atomic E-state index is 5.18. The second-order valence-corrected chi connectivity index (χ2v) is 3.94. The van der Waals surface area contributed by atoms with Gasteiger partial charge in [-0.15, -0.1) is 0 Å². The van der Waals surface area contributed by atoms with E-state index in [4.69, 9.17) is 12.2 Å². The van der Waals surface area contributed by atoms with Crippen molar-refractivity contribution in [2.24, 2.45) is 0 Å². The highest BCUT2D eigenvalue weighted by molar-refractivity contribution is 7.80. The van der Waals surface area contributed by atoms with Gasteiger partial charge in [0.1, 0.15) is 0 Å². The molecule has 0 heterocycles. The molecule has 62 valence electrons. The maximum Gasteiger partial charge on any atom is 0.0196 e. The molecular weight excluding hydrogens is 176 g/mol.